The Morgan fingerprint density at radius 3 is 2.45 bits per heavy atom. The van der Waals surface area contributed by atoms with Crippen molar-refractivity contribution in [3.8, 4) is 0 Å². The number of ether oxygens (including phenoxy) is 1. The minimum atomic E-state index is -0.920. The quantitative estimate of drug-likeness (QED) is 0.134. The predicted octanol–water partition coefficient (Wildman–Crippen LogP) is 2.20. The lowest BCUT2D eigenvalue weighted by Gasteiger charge is -2.30. The van der Waals surface area contributed by atoms with E-state index in [1.54, 1.807) is 24.3 Å². The van der Waals surface area contributed by atoms with Gasteiger partial charge in [0.05, 0.1) is 24.0 Å². The molecule has 3 atom stereocenters. The minimum absolute atomic E-state index is 0.103. The Balaban J connectivity index is 2.29. The summed E-state index contributed by atoms with van der Waals surface area (Å²) in [6.07, 6.45) is 10.1. The Morgan fingerprint density at radius 1 is 1.23 bits per heavy atom. The molecule has 0 radical (unpaired) electrons. The third-order valence-corrected chi connectivity index (χ3v) is 5.44. The fraction of sp³-hybridized carbons (Fsp3) is 0.696. The van der Waals surface area contributed by atoms with Gasteiger partial charge in [-0.15, -0.1) is 0 Å². The Hall–Kier alpha value is -2.12. The molecule has 174 valence electrons. The lowest BCUT2D eigenvalue weighted by molar-refractivity contribution is -0.126. The molecular formula is C23H36N2O6. The molecule has 2 unspecified atom stereocenters. The second-order valence-electron chi connectivity index (χ2n) is 8.31. The Bertz CT molecular complexity index is 659. The van der Waals surface area contributed by atoms with Crippen molar-refractivity contribution in [3.05, 3.63) is 23.9 Å². The highest BCUT2D eigenvalue weighted by Gasteiger charge is 2.25. The van der Waals surface area contributed by atoms with Crippen molar-refractivity contribution in [3.63, 3.8) is 0 Å². The monoisotopic (exact) mass is 436 g/mol. The second kappa shape index (κ2) is 14.8. The first-order valence-corrected chi connectivity index (χ1v) is 11.0. The van der Waals surface area contributed by atoms with Crippen LogP contribution in [0.1, 0.15) is 59.3 Å². The lowest BCUT2D eigenvalue weighted by Crippen LogP contribution is -2.43. The number of isocyanates is 1. The molecule has 0 spiro atoms. The van der Waals surface area contributed by atoms with Crippen LogP contribution >= 0.6 is 0 Å². The van der Waals surface area contributed by atoms with Crippen molar-refractivity contribution < 1.29 is 29.3 Å². The zero-order valence-electron chi connectivity index (χ0n) is 18.7. The SMILES string of the molecule is CC(C)/C(=C\C=C\C(O)C1CCC(OCCCC(=O)N[C@H](C=O)C(C)O)CC1)N=C=O. The van der Waals surface area contributed by atoms with E-state index in [2.05, 4.69) is 10.3 Å². The molecule has 0 saturated heterocycles. The lowest BCUT2D eigenvalue weighted by atomic mass is 9.83. The molecule has 0 aromatic rings. The molecule has 0 aromatic carbocycles. The van der Waals surface area contributed by atoms with Crippen LogP contribution in [0.15, 0.2) is 28.9 Å². The van der Waals surface area contributed by atoms with Gasteiger partial charge in [0.25, 0.3) is 0 Å². The summed E-state index contributed by atoms with van der Waals surface area (Å²) in [5, 5.41) is 22.2. The molecule has 31 heavy (non-hydrogen) atoms. The number of nitrogens with one attached hydrogen (secondary N) is 1. The molecule has 0 aliphatic heterocycles. The third-order valence-electron chi connectivity index (χ3n) is 5.44. The topological polar surface area (TPSA) is 125 Å². The molecule has 1 aliphatic carbocycles. The smallest absolute Gasteiger partial charge is 0.240 e. The highest BCUT2D eigenvalue weighted by atomic mass is 16.5. The summed E-state index contributed by atoms with van der Waals surface area (Å²) in [6, 6.07) is -0.880. The molecule has 8 nitrogen and oxygen atoms in total. The number of allylic oxidation sites excluding steroid dienone is 3. The summed E-state index contributed by atoms with van der Waals surface area (Å²) >= 11 is 0. The second-order valence-corrected chi connectivity index (χ2v) is 8.31. The first-order chi connectivity index (χ1) is 14.8. The van der Waals surface area contributed by atoms with Gasteiger partial charge in [0.15, 0.2) is 0 Å². The normalized spacial score (nSPS) is 22.6. The van der Waals surface area contributed by atoms with Gasteiger partial charge in [0.1, 0.15) is 12.3 Å². The number of amides is 1. The van der Waals surface area contributed by atoms with E-state index in [0.717, 1.165) is 25.7 Å². The van der Waals surface area contributed by atoms with E-state index in [9.17, 15) is 24.6 Å². The standard InChI is InChI=1S/C23H36N2O6/c1-16(2)20(24-15-27)6-4-7-22(29)18-9-11-19(12-10-18)31-13-5-8-23(30)25-21(14-26)17(3)28/h4,6-7,14,16-19,21-22,28-29H,5,8-13H2,1-3H3,(H,25,30)/b7-4+,20-6+/t17?,18?,19?,21-,22?/m1/s1. The molecule has 1 aliphatic rings. The van der Waals surface area contributed by atoms with Crippen LogP contribution in [0.3, 0.4) is 0 Å². The van der Waals surface area contributed by atoms with Gasteiger partial charge in [-0.3, -0.25) is 4.79 Å². The maximum absolute atomic E-state index is 11.8. The number of rotatable bonds is 13. The largest absolute Gasteiger partial charge is 0.391 e. The van der Waals surface area contributed by atoms with Gasteiger partial charge in [-0.25, -0.2) is 4.79 Å². The van der Waals surface area contributed by atoms with Gasteiger partial charge >= 0.3 is 0 Å². The number of carbonyl (C=O) groups is 2. The van der Waals surface area contributed by atoms with Crippen molar-refractivity contribution in [1.82, 2.24) is 5.32 Å². The summed E-state index contributed by atoms with van der Waals surface area (Å²) in [5.41, 5.74) is 0.622. The highest BCUT2D eigenvalue weighted by molar-refractivity contribution is 5.79. The predicted molar refractivity (Wildman–Crippen MR) is 117 cm³/mol. The van der Waals surface area contributed by atoms with Gasteiger partial charge in [-0.2, -0.15) is 4.99 Å². The number of carbonyl (C=O) groups excluding carboxylic acids is 3. The minimum Gasteiger partial charge on any atom is -0.391 e. The maximum atomic E-state index is 11.8. The molecule has 0 aromatic heterocycles. The van der Waals surface area contributed by atoms with Gasteiger partial charge in [-0.1, -0.05) is 26.0 Å². The van der Waals surface area contributed by atoms with Crippen LogP contribution in [0.4, 0.5) is 0 Å². The van der Waals surface area contributed by atoms with E-state index in [1.165, 1.54) is 6.92 Å². The molecule has 1 rings (SSSR count). The summed E-state index contributed by atoms with van der Waals surface area (Å²) in [5.74, 6) is -0.0200. The number of aliphatic hydroxyl groups is 2. The average molecular weight is 437 g/mol. The fourth-order valence-electron chi connectivity index (χ4n) is 3.44. The van der Waals surface area contributed by atoms with Crippen LogP contribution in [0, 0.1) is 11.8 Å². The first kappa shape index (κ1) is 26.9. The van der Waals surface area contributed by atoms with Crippen LogP contribution in [0.2, 0.25) is 0 Å². The number of aldehydes is 1. The van der Waals surface area contributed by atoms with Gasteiger partial charge in [0.2, 0.25) is 12.0 Å². The fourth-order valence-corrected chi connectivity index (χ4v) is 3.44. The summed E-state index contributed by atoms with van der Waals surface area (Å²) < 4.78 is 5.85. The molecule has 1 saturated carbocycles. The van der Waals surface area contributed by atoms with E-state index in [4.69, 9.17) is 4.74 Å². The van der Waals surface area contributed by atoms with Crippen molar-refractivity contribution in [2.45, 2.75) is 83.6 Å². The van der Waals surface area contributed by atoms with E-state index < -0.39 is 18.2 Å². The van der Waals surface area contributed by atoms with E-state index in [-0.39, 0.29) is 30.3 Å². The molecule has 0 bridgehead atoms. The van der Waals surface area contributed by atoms with Gasteiger partial charge in [-0.05, 0) is 56.9 Å². The van der Waals surface area contributed by atoms with E-state index in [0.29, 0.717) is 25.0 Å². The molecule has 3 N–H and O–H groups in total. The van der Waals surface area contributed by atoms with E-state index >= 15 is 0 Å². The van der Waals surface area contributed by atoms with Crippen LogP contribution in [0.5, 0.6) is 0 Å². The van der Waals surface area contributed by atoms with Crippen molar-refractivity contribution >= 4 is 18.3 Å². The maximum Gasteiger partial charge on any atom is 0.240 e. The van der Waals surface area contributed by atoms with Crippen molar-refractivity contribution in [2.75, 3.05) is 6.61 Å². The van der Waals surface area contributed by atoms with Gasteiger partial charge < -0.3 is 25.1 Å². The van der Waals surface area contributed by atoms with Crippen LogP contribution < -0.4 is 5.32 Å². The van der Waals surface area contributed by atoms with Crippen LogP contribution in [-0.2, 0) is 19.1 Å². The van der Waals surface area contributed by atoms with Gasteiger partial charge in [0, 0.05) is 13.0 Å². The number of hydrogen-bond donors (Lipinski definition) is 3. The molecule has 1 amide bonds. The number of aliphatic hydroxyl groups excluding tert-OH is 2. The zero-order chi connectivity index (χ0) is 23.2. The summed E-state index contributed by atoms with van der Waals surface area (Å²) in [6.45, 7) is 5.77. The molecule has 8 heteroatoms. The third kappa shape index (κ3) is 10.6. The van der Waals surface area contributed by atoms with Crippen molar-refractivity contribution in [2.24, 2.45) is 16.8 Å². The van der Waals surface area contributed by atoms with E-state index in [1.807, 2.05) is 13.8 Å². The highest BCUT2D eigenvalue weighted by Crippen LogP contribution is 2.29. The van der Waals surface area contributed by atoms with Crippen LogP contribution in [0.25, 0.3) is 0 Å². The Labute approximate surface area is 184 Å². The Morgan fingerprint density at radius 2 is 1.90 bits per heavy atom. The number of hydrogen-bond acceptors (Lipinski definition) is 7. The number of aliphatic imine (C=N–C) groups is 1. The summed E-state index contributed by atoms with van der Waals surface area (Å²) in [7, 11) is 0. The summed E-state index contributed by atoms with van der Waals surface area (Å²) in [4.78, 5) is 36.7. The van der Waals surface area contributed by atoms with Crippen molar-refractivity contribution in [1.29, 1.82) is 0 Å². The molecule has 0 heterocycles. The molecule has 1 fully saturated rings. The average Bonchev–Trinajstić information content (AvgIpc) is 2.74. The van der Waals surface area contributed by atoms with Crippen LogP contribution in [-0.4, -0.2) is 59.4 Å². The number of nitrogens with zero attached hydrogens (tertiary/aromatic N) is 1. The first-order valence-electron chi connectivity index (χ1n) is 11.0. The zero-order valence-corrected chi connectivity index (χ0v) is 18.7. The molecular weight excluding hydrogens is 400 g/mol. The Kier molecular flexibility index (Phi) is 12.9.